The van der Waals surface area contributed by atoms with Crippen LogP contribution in [0.5, 0.6) is 11.6 Å². The zero-order valence-corrected chi connectivity index (χ0v) is 18.8. The van der Waals surface area contributed by atoms with Crippen molar-refractivity contribution in [2.45, 2.75) is 19.8 Å². The molecule has 2 heterocycles. The first-order valence-corrected chi connectivity index (χ1v) is 11.1. The van der Waals surface area contributed by atoms with Gasteiger partial charge in [-0.3, -0.25) is 9.59 Å². The summed E-state index contributed by atoms with van der Waals surface area (Å²) >= 11 is 3.39. The largest absolute Gasteiger partial charge is 0.439 e. The molecule has 1 aliphatic heterocycles. The Kier molecular flexibility index (Phi) is 6.47. The van der Waals surface area contributed by atoms with E-state index in [1.54, 1.807) is 23.2 Å². The third-order valence-corrected chi connectivity index (χ3v) is 6.04. The zero-order valence-electron chi connectivity index (χ0n) is 17.3. The Bertz CT molecular complexity index is 1060. The van der Waals surface area contributed by atoms with Gasteiger partial charge in [0.15, 0.2) is 5.78 Å². The van der Waals surface area contributed by atoms with Crippen LogP contribution in [0.25, 0.3) is 0 Å². The number of hydrogen-bond acceptors (Lipinski definition) is 4. The van der Waals surface area contributed by atoms with Gasteiger partial charge in [0.1, 0.15) is 5.75 Å². The molecule has 0 atom stereocenters. The lowest BCUT2D eigenvalue weighted by atomic mass is 9.88. The lowest BCUT2D eigenvalue weighted by Gasteiger charge is -2.31. The van der Waals surface area contributed by atoms with Crippen LogP contribution in [0.1, 0.15) is 39.1 Å². The first-order valence-electron chi connectivity index (χ1n) is 10.3. The number of halogens is 1. The zero-order chi connectivity index (χ0) is 21.8. The summed E-state index contributed by atoms with van der Waals surface area (Å²) in [5.41, 5.74) is 2.41. The lowest BCUT2D eigenvalue weighted by Crippen LogP contribution is -2.40. The molecule has 31 heavy (non-hydrogen) atoms. The second-order valence-corrected chi connectivity index (χ2v) is 8.65. The van der Waals surface area contributed by atoms with Crippen molar-refractivity contribution in [1.82, 2.24) is 9.88 Å². The molecule has 1 fully saturated rings. The maximum atomic E-state index is 12.8. The molecule has 0 unspecified atom stereocenters. The number of nitrogens with zero attached hydrogens (tertiary/aromatic N) is 2. The summed E-state index contributed by atoms with van der Waals surface area (Å²) in [6.45, 7) is 3.14. The number of Topliss-reactive ketones (excluding diaryl/α,β-unsaturated/α-hetero) is 1. The first kappa shape index (κ1) is 21.2. The number of rotatable bonds is 5. The highest BCUT2D eigenvalue weighted by atomic mass is 79.9. The van der Waals surface area contributed by atoms with E-state index in [2.05, 4.69) is 20.9 Å². The van der Waals surface area contributed by atoms with Crippen LogP contribution in [-0.4, -0.2) is 34.7 Å². The molecule has 2 aromatic carbocycles. The van der Waals surface area contributed by atoms with E-state index >= 15 is 0 Å². The molecule has 6 heteroatoms. The predicted molar refractivity (Wildman–Crippen MR) is 123 cm³/mol. The highest BCUT2D eigenvalue weighted by molar-refractivity contribution is 9.10. The maximum Gasteiger partial charge on any atom is 0.255 e. The lowest BCUT2D eigenvalue weighted by molar-refractivity contribution is 0.0650. The number of aromatic nitrogens is 1. The average molecular weight is 479 g/mol. The van der Waals surface area contributed by atoms with Crippen molar-refractivity contribution < 1.29 is 14.3 Å². The number of benzene rings is 2. The fourth-order valence-corrected chi connectivity index (χ4v) is 3.94. The standard InChI is InChI=1S/C25H23BrN2O3/c1-17-2-4-18(5-3-17)24(29)19-12-14-28(15-13-19)25(30)20-6-11-23(27-16-20)31-22-9-7-21(26)8-10-22/h2-11,16,19H,12-15H2,1H3. The topological polar surface area (TPSA) is 59.5 Å². The van der Waals surface area contributed by atoms with Crippen LogP contribution >= 0.6 is 15.9 Å². The van der Waals surface area contributed by atoms with E-state index in [1.807, 2.05) is 55.5 Å². The number of likely N-dealkylation sites (tertiary alicyclic amines) is 1. The Morgan fingerprint density at radius 2 is 1.58 bits per heavy atom. The summed E-state index contributed by atoms with van der Waals surface area (Å²) in [5.74, 6) is 1.18. The molecule has 1 saturated heterocycles. The van der Waals surface area contributed by atoms with Gasteiger partial charge in [0.05, 0.1) is 5.56 Å². The third kappa shape index (κ3) is 5.20. The maximum absolute atomic E-state index is 12.8. The number of piperidine rings is 1. The molecule has 0 spiro atoms. The van der Waals surface area contributed by atoms with Gasteiger partial charge in [-0.2, -0.15) is 0 Å². The number of carbonyl (C=O) groups excluding carboxylic acids is 2. The Morgan fingerprint density at radius 3 is 2.19 bits per heavy atom. The van der Waals surface area contributed by atoms with Crippen molar-refractivity contribution in [2.75, 3.05) is 13.1 Å². The van der Waals surface area contributed by atoms with Crippen LogP contribution in [0.3, 0.4) is 0 Å². The van der Waals surface area contributed by atoms with Gasteiger partial charge < -0.3 is 9.64 Å². The number of ketones is 1. The molecule has 1 amide bonds. The highest BCUT2D eigenvalue weighted by Gasteiger charge is 2.28. The molecule has 1 aromatic heterocycles. The molecule has 0 N–H and O–H groups in total. The second-order valence-electron chi connectivity index (χ2n) is 7.74. The van der Waals surface area contributed by atoms with Crippen molar-refractivity contribution in [3.8, 4) is 11.6 Å². The summed E-state index contributed by atoms with van der Waals surface area (Å²) in [7, 11) is 0. The number of carbonyl (C=O) groups is 2. The molecular formula is C25H23BrN2O3. The molecule has 0 radical (unpaired) electrons. The fourth-order valence-electron chi connectivity index (χ4n) is 3.67. The molecule has 0 bridgehead atoms. The second kappa shape index (κ2) is 9.43. The summed E-state index contributed by atoms with van der Waals surface area (Å²) in [5, 5.41) is 0. The quantitative estimate of drug-likeness (QED) is 0.442. The van der Waals surface area contributed by atoms with Crippen molar-refractivity contribution in [3.05, 3.63) is 88.0 Å². The van der Waals surface area contributed by atoms with Gasteiger partial charge in [0.2, 0.25) is 5.88 Å². The third-order valence-electron chi connectivity index (χ3n) is 5.51. The SMILES string of the molecule is Cc1ccc(C(=O)C2CCN(C(=O)c3ccc(Oc4ccc(Br)cc4)nc3)CC2)cc1. The molecule has 3 aromatic rings. The number of ether oxygens (including phenoxy) is 1. The van der Waals surface area contributed by atoms with Crippen LogP contribution in [-0.2, 0) is 0 Å². The fraction of sp³-hybridized carbons (Fsp3) is 0.240. The summed E-state index contributed by atoms with van der Waals surface area (Å²) in [6.07, 6.45) is 2.90. The van der Waals surface area contributed by atoms with Crippen molar-refractivity contribution in [1.29, 1.82) is 0 Å². The minimum absolute atomic E-state index is 0.0356. The Balaban J connectivity index is 1.33. The highest BCUT2D eigenvalue weighted by Crippen LogP contribution is 2.25. The molecular weight excluding hydrogens is 456 g/mol. The Morgan fingerprint density at radius 1 is 0.935 bits per heavy atom. The molecule has 5 nitrogen and oxygen atoms in total. The van der Waals surface area contributed by atoms with E-state index in [0.717, 1.165) is 15.6 Å². The molecule has 1 aliphatic rings. The van der Waals surface area contributed by atoms with Crippen LogP contribution in [0.4, 0.5) is 0 Å². The van der Waals surface area contributed by atoms with Gasteiger partial charge >= 0.3 is 0 Å². The molecule has 4 rings (SSSR count). The number of pyridine rings is 1. The van der Waals surface area contributed by atoms with E-state index in [-0.39, 0.29) is 17.6 Å². The minimum Gasteiger partial charge on any atom is -0.439 e. The first-order chi connectivity index (χ1) is 15.0. The van der Waals surface area contributed by atoms with Crippen molar-refractivity contribution >= 4 is 27.6 Å². The smallest absolute Gasteiger partial charge is 0.255 e. The monoisotopic (exact) mass is 478 g/mol. The van der Waals surface area contributed by atoms with E-state index in [9.17, 15) is 9.59 Å². The molecule has 0 saturated carbocycles. The van der Waals surface area contributed by atoms with Gasteiger partial charge in [-0.1, -0.05) is 45.8 Å². The molecule has 158 valence electrons. The van der Waals surface area contributed by atoms with Gasteiger partial charge in [-0.15, -0.1) is 0 Å². The minimum atomic E-state index is -0.0658. The van der Waals surface area contributed by atoms with E-state index < -0.39 is 0 Å². The Hall–Kier alpha value is -2.99. The Labute approximate surface area is 190 Å². The summed E-state index contributed by atoms with van der Waals surface area (Å²) in [4.78, 5) is 31.6. The van der Waals surface area contributed by atoms with Crippen molar-refractivity contribution in [2.24, 2.45) is 5.92 Å². The summed E-state index contributed by atoms with van der Waals surface area (Å²) < 4.78 is 6.68. The van der Waals surface area contributed by atoms with Gasteiger partial charge in [0.25, 0.3) is 5.91 Å². The average Bonchev–Trinajstić information content (AvgIpc) is 2.81. The van der Waals surface area contributed by atoms with Gasteiger partial charge in [0, 0.05) is 41.3 Å². The summed E-state index contributed by atoms with van der Waals surface area (Å²) in [6, 6.07) is 18.6. The van der Waals surface area contributed by atoms with Gasteiger partial charge in [-0.05, 0) is 50.1 Å². The molecule has 0 aliphatic carbocycles. The van der Waals surface area contributed by atoms with Crippen LogP contribution in [0.2, 0.25) is 0 Å². The van der Waals surface area contributed by atoms with E-state index in [1.165, 1.54) is 0 Å². The van der Waals surface area contributed by atoms with Crippen molar-refractivity contribution in [3.63, 3.8) is 0 Å². The van der Waals surface area contributed by atoms with E-state index in [4.69, 9.17) is 4.74 Å². The predicted octanol–water partition coefficient (Wildman–Crippen LogP) is 5.68. The van der Waals surface area contributed by atoms with E-state index in [0.29, 0.717) is 43.1 Å². The van der Waals surface area contributed by atoms with Crippen LogP contribution in [0.15, 0.2) is 71.3 Å². The number of aryl methyl sites for hydroxylation is 1. The van der Waals surface area contributed by atoms with Crippen LogP contribution < -0.4 is 4.74 Å². The normalized spacial score (nSPS) is 14.3. The van der Waals surface area contributed by atoms with Gasteiger partial charge in [-0.25, -0.2) is 4.98 Å². The van der Waals surface area contributed by atoms with Crippen LogP contribution in [0, 0.1) is 12.8 Å². The number of amides is 1. The number of hydrogen-bond donors (Lipinski definition) is 0.